The van der Waals surface area contributed by atoms with Crippen LogP contribution in [0.1, 0.15) is 27.4 Å². The van der Waals surface area contributed by atoms with Gasteiger partial charge in [0.05, 0.1) is 21.3 Å². The summed E-state index contributed by atoms with van der Waals surface area (Å²) in [6.45, 7) is 0. The van der Waals surface area contributed by atoms with Crippen LogP contribution < -0.4 is 16.8 Å². The van der Waals surface area contributed by atoms with E-state index in [1.165, 1.54) is 12.1 Å². The number of rotatable bonds is 5. The van der Waals surface area contributed by atoms with Crippen LogP contribution in [-0.4, -0.2) is 16.1 Å². The lowest BCUT2D eigenvalue weighted by molar-refractivity contribution is -0.120. The van der Waals surface area contributed by atoms with Crippen molar-refractivity contribution in [3.63, 3.8) is 0 Å². The van der Waals surface area contributed by atoms with Crippen molar-refractivity contribution in [1.82, 2.24) is 0 Å². The first-order valence-electron chi connectivity index (χ1n) is 9.92. The Labute approximate surface area is 221 Å². The Morgan fingerprint density at radius 2 is 1.56 bits per heavy atom. The predicted molar refractivity (Wildman–Crippen MR) is 130 cm³/mol. The van der Waals surface area contributed by atoms with E-state index in [9.17, 15) is 27.2 Å². The Bertz CT molecular complexity index is 1450. The highest BCUT2D eigenvalue weighted by Crippen LogP contribution is 2.74. The van der Waals surface area contributed by atoms with Crippen molar-refractivity contribution in [3.8, 4) is 0 Å². The summed E-state index contributed by atoms with van der Waals surface area (Å²) < 4.78 is 54.4. The number of amides is 2. The molecule has 1 aliphatic rings. The average Bonchev–Trinajstić information content (AvgIpc) is 3.34. The van der Waals surface area contributed by atoms with Gasteiger partial charge in [0.15, 0.2) is 5.82 Å². The highest BCUT2D eigenvalue weighted by molar-refractivity contribution is 6.55. The topological polar surface area (TPSA) is 98.2 Å². The third-order valence-corrected chi connectivity index (χ3v) is 7.71. The van der Waals surface area contributed by atoms with Crippen LogP contribution >= 0.6 is 46.4 Å². The number of anilines is 2. The number of nitrogens with two attached hydrogens (primary N) is 2. The highest BCUT2D eigenvalue weighted by atomic mass is 35.5. The highest BCUT2D eigenvalue weighted by Gasteiger charge is 2.81. The Hall–Kier alpha value is -2.72. The minimum atomic E-state index is -1.98. The van der Waals surface area contributed by atoms with E-state index in [1.807, 2.05) is 0 Å². The van der Waals surface area contributed by atoms with Crippen molar-refractivity contribution in [2.45, 2.75) is 15.7 Å². The van der Waals surface area contributed by atoms with Crippen LogP contribution in [0.3, 0.4) is 0 Å². The van der Waals surface area contributed by atoms with E-state index in [2.05, 4.69) is 5.32 Å². The second kappa shape index (κ2) is 8.99. The van der Waals surface area contributed by atoms with Gasteiger partial charge in [-0.1, -0.05) is 52.5 Å². The van der Waals surface area contributed by atoms with Crippen molar-refractivity contribution in [3.05, 3.63) is 92.5 Å². The lowest BCUT2D eigenvalue weighted by Crippen LogP contribution is -2.34. The summed E-state index contributed by atoms with van der Waals surface area (Å²) in [5.41, 5.74) is 7.06. The maximum Gasteiger partial charge on any atom is 0.257 e. The van der Waals surface area contributed by atoms with Crippen molar-refractivity contribution in [2.75, 3.05) is 11.1 Å². The van der Waals surface area contributed by atoms with Gasteiger partial charge in [0.1, 0.15) is 32.9 Å². The van der Waals surface area contributed by atoms with Gasteiger partial charge in [-0.15, -0.1) is 0 Å². The molecule has 5 nitrogen and oxygen atoms in total. The van der Waals surface area contributed by atoms with Gasteiger partial charge in [-0.2, -0.15) is 0 Å². The van der Waals surface area contributed by atoms with Crippen molar-refractivity contribution in [2.24, 2.45) is 5.73 Å². The second-order valence-corrected chi connectivity index (χ2v) is 10.2. The lowest BCUT2D eigenvalue weighted by Gasteiger charge is -2.18. The molecule has 5 N–H and O–H groups in total. The van der Waals surface area contributed by atoms with Gasteiger partial charge >= 0.3 is 0 Å². The van der Waals surface area contributed by atoms with E-state index in [4.69, 9.17) is 57.9 Å². The quantitative estimate of drug-likeness (QED) is 0.194. The van der Waals surface area contributed by atoms with Crippen molar-refractivity contribution in [1.29, 1.82) is 0 Å². The fourth-order valence-electron chi connectivity index (χ4n) is 4.20. The summed E-state index contributed by atoms with van der Waals surface area (Å²) in [5.74, 6) is -7.53. The van der Waals surface area contributed by atoms with Crippen LogP contribution in [0, 0.1) is 23.3 Å². The maximum absolute atomic E-state index is 14.9. The second-order valence-electron chi connectivity index (χ2n) is 8.00. The minimum absolute atomic E-state index is 0.218. The summed E-state index contributed by atoms with van der Waals surface area (Å²) in [6.07, 6.45) is 0. The summed E-state index contributed by atoms with van der Waals surface area (Å²) in [4.78, 5) is 25.6. The number of alkyl halides is 2. The van der Waals surface area contributed by atoms with Crippen molar-refractivity contribution < 1.29 is 27.2 Å². The van der Waals surface area contributed by atoms with Gasteiger partial charge < -0.3 is 16.8 Å². The summed E-state index contributed by atoms with van der Waals surface area (Å²) in [6, 6.07) is 7.04. The monoisotopic (exact) mass is 579 g/mol. The largest absolute Gasteiger partial charge is 0.394 e. The Morgan fingerprint density at radius 3 is 2.17 bits per heavy atom. The van der Waals surface area contributed by atoms with E-state index in [-0.39, 0.29) is 16.1 Å². The molecule has 0 aliphatic heterocycles. The minimum Gasteiger partial charge on any atom is -0.394 e. The summed E-state index contributed by atoms with van der Waals surface area (Å²) >= 11 is 24.8. The molecule has 36 heavy (non-hydrogen) atoms. The van der Waals surface area contributed by atoms with Crippen LogP contribution in [0.5, 0.6) is 0 Å². The van der Waals surface area contributed by atoms with Gasteiger partial charge in [-0.05, 0) is 47.5 Å². The molecule has 2 atom stereocenters. The van der Waals surface area contributed by atoms with E-state index >= 15 is 0 Å². The SMILES string of the molecule is NC(=O)C1(c2cc(F)c(Cl)c(C(=O)Nc3ccc(F)c(N)c3F)c2)C(c2ccc(F)c(Cl)c2)C1(Cl)Cl. The Balaban J connectivity index is 1.82. The molecule has 0 heterocycles. The standard InChI is InChI=1S/C23H13Cl4F4N3O2/c24-11-5-8(1-2-12(11)28)19-22(21(33)36,23(19,26)27)9-6-10(16(25)14(30)7-9)20(35)34-15-4-3-13(29)18(32)17(15)31/h1-7,19H,32H2,(H2,33,36)(H,34,35). The molecule has 188 valence electrons. The zero-order valence-electron chi connectivity index (χ0n) is 17.6. The molecule has 1 aliphatic carbocycles. The molecule has 1 fully saturated rings. The van der Waals surface area contributed by atoms with Gasteiger partial charge in [-0.25, -0.2) is 17.6 Å². The van der Waals surface area contributed by atoms with E-state index < -0.39 is 72.7 Å². The smallest absolute Gasteiger partial charge is 0.257 e. The number of carbonyl (C=O) groups excluding carboxylic acids is 2. The lowest BCUT2D eigenvalue weighted by atomic mass is 9.88. The molecular weight excluding hydrogens is 568 g/mol. The molecule has 0 saturated heterocycles. The third-order valence-electron chi connectivity index (χ3n) is 6.01. The summed E-state index contributed by atoms with van der Waals surface area (Å²) in [5, 5.41) is 1.15. The molecule has 4 rings (SSSR count). The zero-order chi connectivity index (χ0) is 26.7. The number of halogens is 8. The van der Waals surface area contributed by atoms with Crippen LogP contribution in [0.4, 0.5) is 28.9 Å². The molecule has 0 radical (unpaired) electrons. The van der Waals surface area contributed by atoms with E-state index in [1.54, 1.807) is 0 Å². The van der Waals surface area contributed by atoms with Gasteiger partial charge in [-0.3, -0.25) is 9.59 Å². The normalized spacial score (nSPS) is 20.2. The molecular formula is C23H13Cl4F4N3O2. The molecule has 0 bridgehead atoms. The van der Waals surface area contributed by atoms with E-state index in [0.717, 1.165) is 30.3 Å². The van der Waals surface area contributed by atoms with Crippen LogP contribution in [0.2, 0.25) is 10.0 Å². The third kappa shape index (κ3) is 3.85. The molecule has 3 aromatic rings. The molecule has 0 spiro atoms. The zero-order valence-corrected chi connectivity index (χ0v) is 20.6. The first-order valence-corrected chi connectivity index (χ1v) is 11.4. The molecule has 13 heteroatoms. The number of benzene rings is 3. The van der Waals surface area contributed by atoms with Crippen LogP contribution in [0.15, 0.2) is 42.5 Å². The van der Waals surface area contributed by atoms with Crippen LogP contribution in [0.25, 0.3) is 0 Å². The Morgan fingerprint density at radius 1 is 0.917 bits per heavy atom. The van der Waals surface area contributed by atoms with Gasteiger partial charge in [0.25, 0.3) is 5.91 Å². The first kappa shape index (κ1) is 26.3. The van der Waals surface area contributed by atoms with Crippen molar-refractivity contribution >= 4 is 69.6 Å². The number of nitrogens with one attached hydrogen (secondary N) is 1. The van der Waals surface area contributed by atoms with Gasteiger partial charge in [0.2, 0.25) is 5.91 Å². The average molecular weight is 581 g/mol. The number of hydrogen-bond donors (Lipinski definition) is 3. The number of hydrogen-bond acceptors (Lipinski definition) is 3. The number of carbonyl (C=O) groups is 2. The Kier molecular flexibility index (Phi) is 6.58. The number of primary amides is 1. The fraction of sp³-hybridized carbons (Fsp3) is 0.130. The fourth-order valence-corrected chi connectivity index (χ4v) is 5.68. The van der Waals surface area contributed by atoms with E-state index in [0.29, 0.717) is 0 Å². The maximum atomic E-state index is 14.9. The molecule has 1 saturated carbocycles. The molecule has 2 unspecified atom stereocenters. The molecule has 0 aromatic heterocycles. The summed E-state index contributed by atoms with van der Waals surface area (Å²) in [7, 11) is 0. The predicted octanol–water partition coefficient (Wildman–Crippen LogP) is 6.08. The van der Waals surface area contributed by atoms with Crippen LogP contribution in [-0.2, 0) is 10.2 Å². The first-order chi connectivity index (χ1) is 16.7. The molecule has 3 aromatic carbocycles. The number of nitrogen functional groups attached to an aromatic ring is 1. The molecule has 2 amide bonds. The van der Waals surface area contributed by atoms with Gasteiger partial charge in [0, 0.05) is 5.92 Å².